The Morgan fingerprint density at radius 3 is 2.76 bits per heavy atom. The summed E-state index contributed by atoms with van der Waals surface area (Å²) in [6.45, 7) is 2.99. The van der Waals surface area contributed by atoms with Crippen molar-refractivity contribution in [2.45, 2.75) is 26.2 Å². The smallest absolute Gasteiger partial charge is 0.222 e. The second-order valence-corrected chi connectivity index (χ2v) is 4.37. The van der Waals surface area contributed by atoms with Crippen LogP contribution in [0.5, 0.6) is 0 Å². The largest absolute Gasteiger partial charge is 0.385 e. The summed E-state index contributed by atoms with van der Waals surface area (Å²) in [6, 6.07) is 8.41. The first-order chi connectivity index (χ1) is 8.13. The minimum atomic E-state index is 0.189. The van der Waals surface area contributed by atoms with Crippen molar-refractivity contribution in [2.75, 3.05) is 26.0 Å². The highest BCUT2D eigenvalue weighted by molar-refractivity contribution is 5.75. The number of hydrogen-bond acceptors (Lipinski definition) is 2. The van der Waals surface area contributed by atoms with Crippen LogP contribution in [0.15, 0.2) is 24.3 Å². The lowest BCUT2D eigenvalue weighted by atomic mass is 10.1. The number of rotatable bonds is 6. The van der Waals surface area contributed by atoms with Crippen molar-refractivity contribution in [1.29, 1.82) is 0 Å². The third-order valence-electron chi connectivity index (χ3n) is 2.73. The molecule has 1 aromatic carbocycles. The fraction of sp³-hybridized carbons (Fsp3) is 0.500. The maximum absolute atomic E-state index is 11.4. The second-order valence-electron chi connectivity index (χ2n) is 4.37. The summed E-state index contributed by atoms with van der Waals surface area (Å²) in [5.74, 6) is 0.189. The van der Waals surface area contributed by atoms with Crippen molar-refractivity contribution in [1.82, 2.24) is 4.90 Å². The number of hydrogen-bond donors (Lipinski definition) is 1. The van der Waals surface area contributed by atoms with E-state index in [1.165, 1.54) is 5.56 Å². The average molecular weight is 234 g/mol. The minimum Gasteiger partial charge on any atom is -0.385 e. The highest BCUT2D eigenvalue weighted by atomic mass is 16.2. The van der Waals surface area contributed by atoms with Gasteiger partial charge in [-0.3, -0.25) is 4.79 Å². The first kappa shape index (κ1) is 13.6. The van der Waals surface area contributed by atoms with Crippen molar-refractivity contribution in [3.8, 4) is 0 Å². The predicted molar refractivity (Wildman–Crippen MR) is 72.2 cm³/mol. The van der Waals surface area contributed by atoms with Crippen LogP contribution in [0, 0.1) is 0 Å². The molecule has 0 fully saturated rings. The third-order valence-corrected chi connectivity index (χ3v) is 2.73. The molecule has 0 aliphatic heterocycles. The van der Waals surface area contributed by atoms with Crippen LogP contribution in [0.2, 0.25) is 0 Å². The van der Waals surface area contributed by atoms with Gasteiger partial charge in [-0.05, 0) is 30.5 Å². The first-order valence-corrected chi connectivity index (χ1v) is 6.16. The quantitative estimate of drug-likeness (QED) is 0.767. The SMILES string of the molecule is CCc1cccc(NCCCC(=O)N(C)C)c1. The van der Waals surface area contributed by atoms with E-state index < -0.39 is 0 Å². The molecule has 1 aromatic rings. The monoisotopic (exact) mass is 234 g/mol. The van der Waals surface area contributed by atoms with Gasteiger partial charge in [0.15, 0.2) is 0 Å². The normalized spacial score (nSPS) is 10.1. The van der Waals surface area contributed by atoms with Crippen LogP contribution in [0.4, 0.5) is 5.69 Å². The van der Waals surface area contributed by atoms with Crippen LogP contribution < -0.4 is 5.32 Å². The van der Waals surface area contributed by atoms with E-state index in [0.29, 0.717) is 6.42 Å². The van der Waals surface area contributed by atoms with Crippen LogP contribution in [0.25, 0.3) is 0 Å². The zero-order valence-corrected chi connectivity index (χ0v) is 11.0. The molecule has 0 aliphatic carbocycles. The van der Waals surface area contributed by atoms with Gasteiger partial charge in [-0.2, -0.15) is 0 Å². The Hall–Kier alpha value is -1.51. The molecule has 0 saturated carbocycles. The van der Waals surface area contributed by atoms with Gasteiger partial charge in [0.1, 0.15) is 0 Å². The highest BCUT2D eigenvalue weighted by Gasteiger charge is 2.02. The van der Waals surface area contributed by atoms with Crippen molar-refractivity contribution >= 4 is 11.6 Å². The lowest BCUT2D eigenvalue weighted by Gasteiger charge is -2.11. The number of anilines is 1. The molecule has 94 valence electrons. The summed E-state index contributed by atoms with van der Waals surface area (Å²) in [7, 11) is 3.58. The third kappa shape index (κ3) is 4.89. The average Bonchev–Trinajstić information content (AvgIpc) is 2.34. The summed E-state index contributed by atoms with van der Waals surface area (Å²) in [5.41, 5.74) is 2.47. The molecule has 0 saturated heterocycles. The topological polar surface area (TPSA) is 32.3 Å². The van der Waals surface area contributed by atoms with E-state index in [1.807, 2.05) is 0 Å². The van der Waals surface area contributed by atoms with Gasteiger partial charge in [-0.25, -0.2) is 0 Å². The Labute approximate surface area is 104 Å². The molecule has 0 unspecified atom stereocenters. The molecule has 1 N–H and O–H groups in total. The molecular formula is C14H22N2O. The van der Waals surface area contributed by atoms with Crippen LogP contribution >= 0.6 is 0 Å². The Morgan fingerprint density at radius 1 is 1.35 bits per heavy atom. The highest BCUT2D eigenvalue weighted by Crippen LogP contribution is 2.11. The number of aryl methyl sites for hydroxylation is 1. The Morgan fingerprint density at radius 2 is 2.12 bits per heavy atom. The first-order valence-electron chi connectivity index (χ1n) is 6.16. The number of nitrogens with one attached hydrogen (secondary N) is 1. The molecule has 0 atom stereocenters. The Balaban J connectivity index is 2.28. The van der Waals surface area contributed by atoms with Crippen LogP contribution in [0.1, 0.15) is 25.3 Å². The van der Waals surface area contributed by atoms with Gasteiger partial charge >= 0.3 is 0 Å². The zero-order chi connectivity index (χ0) is 12.7. The molecule has 0 heterocycles. The number of nitrogens with zero attached hydrogens (tertiary/aromatic N) is 1. The van der Waals surface area contributed by atoms with Crippen molar-refractivity contribution < 1.29 is 4.79 Å². The van der Waals surface area contributed by atoms with Gasteiger partial charge < -0.3 is 10.2 Å². The maximum atomic E-state index is 11.4. The Bertz CT molecular complexity index is 361. The minimum absolute atomic E-state index is 0.189. The van der Waals surface area contributed by atoms with Crippen molar-refractivity contribution in [3.05, 3.63) is 29.8 Å². The molecule has 0 bridgehead atoms. The molecule has 3 heteroatoms. The van der Waals surface area contributed by atoms with Crippen molar-refractivity contribution in [3.63, 3.8) is 0 Å². The van der Waals surface area contributed by atoms with Crippen LogP contribution in [-0.4, -0.2) is 31.4 Å². The number of amides is 1. The van der Waals surface area contributed by atoms with E-state index in [-0.39, 0.29) is 5.91 Å². The summed E-state index contributed by atoms with van der Waals surface area (Å²) < 4.78 is 0. The summed E-state index contributed by atoms with van der Waals surface area (Å²) in [4.78, 5) is 13.0. The molecule has 3 nitrogen and oxygen atoms in total. The molecule has 0 spiro atoms. The molecule has 0 aromatic heterocycles. The molecule has 17 heavy (non-hydrogen) atoms. The summed E-state index contributed by atoms with van der Waals surface area (Å²) >= 11 is 0. The van der Waals surface area contributed by atoms with E-state index >= 15 is 0 Å². The maximum Gasteiger partial charge on any atom is 0.222 e. The zero-order valence-electron chi connectivity index (χ0n) is 11.0. The van der Waals surface area contributed by atoms with E-state index in [4.69, 9.17) is 0 Å². The van der Waals surface area contributed by atoms with E-state index in [0.717, 1.165) is 25.1 Å². The second kappa shape index (κ2) is 6.94. The Kier molecular flexibility index (Phi) is 5.53. The van der Waals surface area contributed by atoms with E-state index in [1.54, 1.807) is 19.0 Å². The van der Waals surface area contributed by atoms with Crippen LogP contribution in [-0.2, 0) is 11.2 Å². The molecular weight excluding hydrogens is 212 g/mol. The van der Waals surface area contributed by atoms with Gasteiger partial charge in [0.25, 0.3) is 0 Å². The molecule has 0 aliphatic rings. The fourth-order valence-electron chi connectivity index (χ4n) is 1.60. The fourth-order valence-corrected chi connectivity index (χ4v) is 1.60. The molecule has 1 amide bonds. The molecule has 0 radical (unpaired) electrons. The lowest BCUT2D eigenvalue weighted by Crippen LogP contribution is -2.22. The van der Waals surface area contributed by atoms with Gasteiger partial charge in [-0.1, -0.05) is 19.1 Å². The van der Waals surface area contributed by atoms with Gasteiger partial charge in [-0.15, -0.1) is 0 Å². The standard InChI is InChI=1S/C14H22N2O/c1-4-12-7-5-8-13(11-12)15-10-6-9-14(17)16(2)3/h5,7-8,11,15H,4,6,9-10H2,1-3H3. The number of benzene rings is 1. The van der Waals surface area contributed by atoms with Gasteiger partial charge in [0.05, 0.1) is 0 Å². The van der Waals surface area contributed by atoms with E-state index in [2.05, 4.69) is 36.5 Å². The lowest BCUT2D eigenvalue weighted by molar-refractivity contribution is -0.128. The predicted octanol–water partition coefficient (Wildman–Crippen LogP) is 2.53. The van der Waals surface area contributed by atoms with Gasteiger partial charge in [0, 0.05) is 32.7 Å². The summed E-state index contributed by atoms with van der Waals surface area (Å²) in [5, 5.41) is 3.34. The summed E-state index contributed by atoms with van der Waals surface area (Å²) in [6.07, 6.45) is 2.52. The number of carbonyl (C=O) groups excluding carboxylic acids is 1. The van der Waals surface area contributed by atoms with Crippen LogP contribution in [0.3, 0.4) is 0 Å². The van der Waals surface area contributed by atoms with Gasteiger partial charge in [0.2, 0.25) is 5.91 Å². The van der Waals surface area contributed by atoms with Crippen molar-refractivity contribution in [2.24, 2.45) is 0 Å². The molecule has 1 rings (SSSR count). The number of carbonyl (C=O) groups is 1. The van der Waals surface area contributed by atoms with E-state index in [9.17, 15) is 4.79 Å².